The number of ketones is 1. The SMILES string of the molecule is CCOC(=O)c1[nH]c(C)c(C(=O)CN(CCc2ccccn2)C(=O)c2ccc(OC)cc2)c1C. The highest BCUT2D eigenvalue weighted by Gasteiger charge is 2.26. The van der Waals surface area contributed by atoms with Crippen LogP contribution in [-0.2, 0) is 11.2 Å². The summed E-state index contributed by atoms with van der Waals surface area (Å²) in [6.45, 7) is 5.55. The highest BCUT2D eigenvalue weighted by molar-refractivity contribution is 6.05. The van der Waals surface area contributed by atoms with Gasteiger partial charge in [-0.3, -0.25) is 14.6 Å². The number of hydrogen-bond acceptors (Lipinski definition) is 6. The van der Waals surface area contributed by atoms with Crippen LogP contribution < -0.4 is 4.74 Å². The summed E-state index contributed by atoms with van der Waals surface area (Å²) in [5, 5.41) is 0. The molecule has 8 heteroatoms. The molecule has 0 bridgehead atoms. The zero-order valence-corrected chi connectivity index (χ0v) is 19.9. The molecule has 1 aromatic carbocycles. The van der Waals surface area contributed by atoms with Gasteiger partial charge in [0.1, 0.15) is 11.4 Å². The van der Waals surface area contributed by atoms with Crippen molar-refractivity contribution < 1.29 is 23.9 Å². The molecule has 0 saturated carbocycles. The Bertz CT molecular complexity index is 1150. The first kappa shape index (κ1) is 24.7. The van der Waals surface area contributed by atoms with Gasteiger partial charge in [0.2, 0.25) is 0 Å². The first-order valence-electron chi connectivity index (χ1n) is 11.1. The van der Waals surface area contributed by atoms with Gasteiger partial charge in [-0.1, -0.05) is 6.07 Å². The second-order valence-corrected chi connectivity index (χ2v) is 7.79. The van der Waals surface area contributed by atoms with Gasteiger partial charge in [-0.05, 0) is 62.7 Å². The van der Waals surface area contributed by atoms with E-state index in [1.165, 1.54) is 4.90 Å². The zero-order chi connectivity index (χ0) is 24.7. The van der Waals surface area contributed by atoms with Crippen molar-refractivity contribution in [2.24, 2.45) is 0 Å². The van der Waals surface area contributed by atoms with Gasteiger partial charge in [-0.2, -0.15) is 0 Å². The molecule has 0 saturated heterocycles. The molecule has 34 heavy (non-hydrogen) atoms. The number of ether oxygens (including phenoxy) is 2. The molecule has 8 nitrogen and oxygen atoms in total. The largest absolute Gasteiger partial charge is 0.497 e. The predicted molar refractivity (Wildman–Crippen MR) is 127 cm³/mol. The van der Waals surface area contributed by atoms with Gasteiger partial charge in [0.25, 0.3) is 5.91 Å². The zero-order valence-electron chi connectivity index (χ0n) is 19.9. The van der Waals surface area contributed by atoms with E-state index in [2.05, 4.69) is 9.97 Å². The number of amides is 1. The fraction of sp³-hybridized carbons (Fsp3) is 0.308. The topological polar surface area (TPSA) is 102 Å². The van der Waals surface area contributed by atoms with Gasteiger partial charge in [0.15, 0.2) is 5.78 Å². The number of Topliss-reactive ketones (excluding diaryl/α,β-unsaturated/α-hetero) is 1. The van der Waals surface area contributed by atoms with Gasteiger partial charge in [0.05, 0.1) is 20.3 Å². The minimum atomic E-state index is -0.511. The summed E-state index contributed by atoms with van der Waals surface area (Å²) in [5.41, 5.74) is 3.00. The van der Waals surface area contributed by atoms with Crippen molar-refractivity contribution in [3.8, 4) is 5.75 Å². The summed E-state index contributed by atoms with van der Waals surface area (Å²) < 4.78 is 10.3. The number of H-pyrrole nitrogens is 1. The van der Waals surface area contributed by atoms with Crippen LogP contribution in [0.15, 0.2) is 48.7 Å². The van der Waals surface area contributed by atoms with E-state index in [1.807, 2.05) is 18.2 Å². The second kappa shape index (κ2) is 11.3. The quantitative estimate of drug-likeness (QED) is 0.363. The van der Waals surface area contributed by atoms with Crippen molar-refractivity contribution in [2.45, 2.75) is 27.2 Å². The Labute approximate surface area is 198 Å². The molecule has 3 aromatic rings. The lowest BCUT2D eigenvalue weighted by molar-refractivity contribution is 0.0519. The molecule has 0 spiro atoms. The number of nitrogens with one attached hydrogen (secondary N) is 1. The van der Waals surface area contributed by atoms with E-state index in [4.69, 9.17) is 9.47 Å². The predicted octanol–water partition coefficient (Wildman–Crippen LogP) is 3.78. The highest BCUT2D eigenvalue weighted by Crippen LogP contribution is 2.21. The van der Waals surface area contributed by atoms with E-state index in [-0.39, 0.29) is 30.5 Å². The van der Waals surface area contributed by atoms with Crippen LogP contribution in [0.5, 0.6) is 5.75 Å². The molecule has 2 heterocycles. The molecular formula is C26H29N3O5. The Kier molecular flexibility index (Phi) is 8.19. The van der Waals surface area contributed by atoms with E-state index in [1.54, 1.807) is 58.3 Å². The Morgan fingerprint density at radius 1 is 1.06 bits per heavy atom. The summed E-state index contributed by atoms with van der Waals surface area (Å²) in [6.07, 6.45) is 2.19. The lowest BCUT2D eigenvalue weighted by atomic mass is 10.0. The molecule has 1 N–H and O–H groups in total. The average molecular weight is 464 g/mol. The van der Waals surface area contributed by atoms with Crippen molar-refractivity contribution >= 4 is 17.7 Å². The summed E-state index contributed by atoms with van der Waals surface area (Å²) in [5.74, 6) is -0.408. The third-order valence-corrected chi connectivity index (χ3v) is 5.52. The van der Waals surface area contributed by atoms with Gasteiger partial charge in [0, 0.05) is 41.7 Å². The lowest BCUT2D eigenvalue weighted by Gasteiger charge is -2.22. The first-order valence-corrected chi connectivity index (χ1v) is 11.1. The fourth-order valence-electron chi connectivity index (χ4n) is 3.79. The number of rotatable bonds is 10. The molecule has 0 atom stereocenters. The Morgan fingerprint density at radius 3 is 2.41 bits per heavy atom. The van der Waals surface area contributed by atoms with E-state index in [9.17, 15) is 14.4 Å². The van der Waals surface area contributed by atoms with Crippen LogP contribution in [0.4, 0.5) is 0 Å². The number of aryl methyl sites for hydroxylation is 1. The molecule has 0 aliphatic rings. The standard InChI is InChI=1S/C26H29N3O5/c1-5-34-26(32)24-17(2)23(18(3)28-24)22(30)16-29(15-13-20-8-6-7-14-27-20)25(31)19-9-11-21(33-4)12-10-19/h6-12,14,28H,5,13,15-16H2,1-4H3. The van der Waals surface area contributed by atoms with Crippen molar-refractivity contribution in [2.75, 3.05) is 26.8 Å². The average Bonchev–Trinajstić information content (AvgIpc) is 3.16. The van der Waals surface area contributed by atoms with Crippen molar-refractivity contribution in [1.82, 2.24) is 14.9 Å². The number of pyridine rings is 1. The van der Waals surface area contributed by atoms with Crippen molar-refractivity contribution in [3.05, 3.63) is 82.4 Å². The van der Waals surface area contributed by atoms with Gasteiger partial charge in [-0.25, -0.2) is 4.79 Å². The molecule has 0 radical (unpaired) electrons. The fourth-order valence-corrected chi connectivity index (χ4v) is 3.79. The summed E-state index contributed by atoms with van der Waals surface area (Å²) >= 11 is 0. The molecule has 0 aliphatic carbocycles. The third-order valence-electron chi connectivity index (χ3n) is 5.52. The molecule has 1 amide bonds. The maximum Gasteiger partial charge on any atom is 0.355 e. The lowest BCUT2D eigenvalue weighted by Crippen LogP contribution is -2.37. The number of esters is 1. The number of carbonyl (C=O) groups excluding carboxylic acids is 3. The number of hydrogen-bond donors (Lipinski definition) is 1. The molecule has 0 fully saturated rings. The Hall–Kier alpha value is -3.94. The molecule has 2 aromatic heterocycles. The van der Waals surface area contributed by atoms with Crippen molar-refractivity contribution in [1.29, 1.82) is 0 Å². The summed E-state index contributed by atoms with van der Waals surface area (Å²) in [7, 11) is 1.56. The maximum atomic E-state index is 13.3. The first-order chi connectivity index (χ1) is 16.3. The summed E-state index contributed by atoms with van der Waals surface area (Å²) in [4.78, 5) is 47.7. The van der Waals surface area contributed by atoms with Crippen LogP contribution in [0.1, 0.15) is 55.1 Å². The van der Waals surface area contributed by atoms with E-state index >= 15 is 0 Å². The van der Waals surface area contributed by atoms with Gasteiger partial charge >= 0.3 is 5.97 Å². The molecule has 0 unspecified atom stereocenters. The van der Waals surface area contributed by atoms with Crippen LogP contribution >= 0.6 is 0 Å². The van der Waals surface area contributed by atoms with Crippen molar-refractivity contribution in [3.63, 3.8) is 0 Å². The molecule has 0 aliphatic heterocycles. The second-order valence-electron chi connectivity index (χ2n) is 7.79. The Morgan fingerprint density at radius 2 is 1.79 bits per heavy atom. The number of nitrogens with zero attached hydrogens (tertiary/aromatic N) is 2. The maximum absolute atomic E-state index is 13.3. The van der Waals surface area contributed by atoms with E-state index in [0.29, 0.717) is 41.1 Å². The van der Waals surface area contributed by atoms with E-state index < -0.39 is 5.97 Å². The summed E-state index contributed by atoms with van der Waals surface area (Å²) in [6, 6.07) is 12.3. The van der Waals surface area contributed by atoms with Crippen LogP contribution in [0.25, 0.3) is 0 Å². The van der Waals surface area contributed by atoms with E-state index in [0.717, 1.165) is 5.69 Å². The number of aromatic amines is 1. The van der Waals surface area contributed by atoms with Gasteiger partial charge < -0.3 is 19.4 Å². The van der Waals surface area contributed by atoms with Crippen LogP contribution in [0, 0.1) is 13.8 Å². The highest BCUT2D eigenvalue weighted by atomic mass is 16.5. The number of methoxy groups -OCH3 is 1. The molecular weight excluding hydrogens is 434 g/mol. The number of benzene rings is 1. The smallest absolute Gasteiger partial charge is 0.355 e. The minimum Gasteiger partial charge on any atom is -0.497 e. The minimum absolute atomic E-state index is 0.139. The third kappa shape index (κ3) is 5.70. The number of carbonyl (C=O) groups is 3. The molecule has 178 valence electrons. The number of aromatic nitrogens is 2. The van der Waals surface area contributed by atoms with Crippen LogP contribution in [0.3, 0.4) is 0 Å². The molecule has 3 rings (SSSR count). The van der Waals surface area contributed by atoms with Crippen LogP contribution in [0.2, 0.25) is 0 Å². The Balaban J connectivity index is 1.86. The van der Waals surface area contributed by atoms with Gasteiger partial charge in [-0.15, -0.1) is 0 Å². The monoisotopic (exact) mass is 463 g/mol. The van der Waals surface area contributed by atoms with Crippen LogP contribution in [-0.4, -0.2) is 59.3 Å². The normalized spacial score (nSPS) is 10.6.